The molecular formula is C17H13Cl2N3O. The first-order valence-electron chi connectivity index (χ1n) is 6.72. The molecule has 0 spiro atoms. The third-order valence-electron chi connectivity index (χ3n) is 3.25. The molecule has 1 N–H and O–H groups in total. The van der Waals surface area contributed by atoms with Crippen LogP contribution < -0.4 is 5.43 Å². The predicted octanol–water partition coefficient (Wildman–Crippen LogP) is 4.78. The topological polar surface area (TPSA) is 65.2 Å². The highest BCUT2D eigenvalue weighted by Crippen LogP contribution is 2.22. The smallest absolute Gasteiger partial charge is 0.223 e. The molecule has 0 amide bonds. The van der Waals surface area contributed by atoms with Crippen molar-refractivity contribution >= 4 is 40.4 Å². The number of nitriles is 1. The summed E-state index contributed by atoms with van der Waals surface area (Å²) in [7, 11) is 0. The number of Topliss-reactive ketones (excluding diaryl/α,β-unsaturated/α-hetero) is 1. The van der Waals surface area contributed by atoms with Crippen molar-refractivity contribution in [3.63, 3.8) is 0 Å². The second-order valence-corrected chi connectivity index (χ2v) is 5.84. The maximum atomic E-state index is 12.3. The van der Waals surface area contributed by atoms with Gasteiger partial charge in [0.05, 0.1) is 5.69 Å². The van der Waals surface area contributed by atoms with E-state index in [1.54, 1.807) is 36.4 Å². The fraction of sp³-hybridized carbons (Fsp3) is 0.118. The second kappa shape index (κ2) is 7.28. The molecule has 6 heteroatoms. The van der Waals surface area contributed by atoms with Crippen molar-refractivity contribution < 1.29 is 4.79 Å². The van der Waals surface area contributed by atoms with Gasteiger partial charge in [-0.05, 0) is 49.2 Å². The van der Waals surface area contributed by atoms with Gasteiger partial charge in [-0.15, -0.1) is 0 Å². The second-order valence-electron chi connectivity index (χ2n) is 4.97. The van der Waals surface area contributed by atoms with E-state index in [1.807, 2.05) is 19.9 Å². The number of ketones is 1. The number of hydrazone groups is 1. The van der Waals surface area contributed by atoms with Crippen molar-refractivity contribution in [2.24, 2.45) is 5.10 Å². The van der Waals surface area contributed by atoms with Crippen LogP contribution in [-0.4, -0.2) is 11.5 Å². The molecule has 0 heterocycles. The lowest BCUT2D eigenvalue weighted by Gasteiger charge is -2.05. The van der Waals surface area contributed by atoms with Crippen LogP contribution in [0.4, 0.5) is 5.69 Å². The summed E-state index contributed by atoms with van der Waals surface area (Å²) in [5, 5.41) is 13.9. The maximum Gasteiger partial charge on any atom is 0.223 e. The molecular weight excluding hydrogens is 333 g/mol. The molecule has 0 aliphatic heterocycles. The lowest BCUT2D eigenvalue weighted by atomic mass is 10.0. The van der Waals surface area contributed by atoms with Crippen LogP contribution in [0.15, 0.2) is 41.5 Å². The monoisotopic (exact) mass is 345 g/mol. The number of aryl methyl sites for hydroxylation is 2. The van der Waals surface area contributed by atoms with E-state index >= 15 is 0 Å². The number of hydrogen-bond donors (Lipinski definition) is 1. The highest BCUT2D eigenvalue weighted by atomic mass is 35.5. The number of anilines is 1. The van der Waals surface area contributed by atoms with E-state index < -0.39 is 5.78 Å². The summed E-state index contributed by atoms with van der Waals surface area (Å²) >= 11 is 11.8. The molecule has 0 aliphatic carbocycles. The molecule has 0 radical (unpaired) electrons. The molecule has 0 aromatic heterocycles. The number of nitrogens with zero attached hydrogens (tertiary/aromatic N) is 2. The Morgan fingerprint density at radius 2 is 1.74 bits per heavy atom. The Kier molecular flexibility index (Phi) is 5.38. The highest BCUT2D eigenvalue weighted by Gasteiger charge is 2.14. The van der Waals surface area contributed by atoms with Crippen LogP contribution >= 0.6 is 23.2 Å². The van der Waals surface area contributed by atoms with Crippen LogP contribution in [0.25, 0.3) is 0 Å². The predicted molar refractivity (Wildman–Crippen MR) is 93.4 cm³/mol. The normalized spacial score (nSPS) is 11.0. The van der Waals surface area contributed by atoms with Gasteiger partial charge in [0, 0.05) is 15.6 Å². The van der Waals surface area contributed by atoms with Crippen LogP contribution in [-0.2, 0) is 0 Å². The van der Waals surface area contributed by atoms with Gasteiger partial charge in [0.15, 0.2) is 0 Å². The van der Waals surface area contributed by atoms with E-state index in [9.17, 15) is 10.1 Å². The number of hydrogen-bond acceptors (Lipinski definition) is 4. The molecule has 4 nitrogen and oxygen atoms in total. The minimum absolute atomic E-state index is 0.246. The average molecular weight is 346 g/mol. The van der Waals surface area contributed by atoms with E-state index in [-0.39, 0.29) is 5.71 Å². The molecule has 0 aliphatic rings. The van der Waals surface area contributed by atoms with E-state index in [2.05, 4.69) is 10.5 Å². The number of halogens is 2. The van der Waals surface area contributed by atoms with Crippen molar-refractivity contribution in [2.75, 3.05) is 5.43 Å². The summed E-state index contributed by atoms with van der Waals surface area (Å²) in [6, 6.07) is 11.8. The van der Waals surface area contributed by atoms with Crippen LogP contribution in [0.1, 0.15) is 21.5 Å². The van der Waals surface area contributed by atoms with Crippen LogP contribution in [0.2, 0.25) is 10.0 Å². The largest absolute Gasteiger partial charge is 0.286 e. The first kappa shape index (κ1) is 17.0. The number of nitrogens with one attached hydrogen (secondary N) is 1. The fourth-order valence-electron chi connectivity index (χ4n) is 1.88. The van der Waals surface area contributed by atoms with E-state index in [0.717, 1.165) is 11.1 Å². The zero-order chi connectivity index (χ0) is 17.0. The Balaban J connectivity index is 2.26. The quantitative estimate of drug-likeness (QED) is 0.492. The number of carbonyl (C=O) groups is 1. The Morgan fingerprint density at radius 1 is 1.09 bits per heavy atom. The number of rotatable bonds is 4. The average Bonchev–Trinajstić information content (AvgIpc) is 2.49. The Morgan fingerprint density at radius 3 is 2.30 bits per heavy atom. The zero-order valence-electron chi connectivity index (χ0n) is 12.5. The first-order chi connectivity index (χ1) is 10.9. The maximum absolute atomic E-state index is 12.3. The van der Waals surface area contributed by atoms with Crippen LogP contribution in [0.5, 0.6) is 0 Å². The van der Waals surface area contributed by atoms with Crippen molar-refractivity contribution in [1.29, 1.82) is 5.26 Å². The third-order valence-corrected chi connectivity index (χ3v) is 3.69. The Labute approximate surface area is 144 Å². The van der Waals surface area contributed by atoms with Gasteiger partial charge in [0.25, 0.3) is 0 Å². The lowest BCUT2D eigenvalue weighted by molar-refractivity contribution is 0.106. The first-order valence-corrected chi connectivity index (χ1v) is 7.48. The molecule has 2 aromatic carbocycles. The summed E-state index contributed by atoms with van der Waals surface area (Å²) in [5.74, 6) is -0.448. The summed E-state index contributed by atoms with van der Waals surface area (Å²) < 4.78 is 0. The van der Waals surface area contributed by atoms with Crippen molar-refractivity contribution in [3.05, 3.63) is 63.1 Å². The fourth-order valence-corrected chi connectivity index (χ4v) is 2.41. The van der Waals surface area contributed by atoms with E-state index in [0.29, 0.717) is 21.3 Å². The van der Waals surface area contributed by atoms with Crippen LogP contribution in [0, 0.1) is 25.2 Å². The van der Waals surface area contributed by atoms with Gasteiger partial charge in [-0.1, -0.05) is 35.3 Å². The van der Waals surface area contributed by atoms with Crippen molar-refractivity contribution in [3.8, 4) is 6.07 Å². The summed E-state index contributed by atoms with van der Waals surface area (Å²) in [5.41, 5.74) is 5.34. The molecule has 0 unspecified atom stereocenters. The third kappa shape index (κ3) is 4.32. The van der Waals surface area contributed by atoms with Gasteiger partial charge in [0.1, 0.15) is 6.07 Å². The minimum atomic E-state index is -0.448. The minimum Gasteiger partial charge on any atom is -0.286 e. The Bertz CT molecular complexity index is 818. The molecule has 0 atom stereocenters. The standard InChI is InChI=1S/C17H13Cl2N3O/c1-10-3-4-12(5-11(10)2)17(23)16(9-20)22-21-15-7-13(18)6-14(19)8-15/h3-8,21H,1-2H3/b22-16+. The molecule has 0 saturated heterocycles. The summed E-state index contributed by atoms with van der Waals surface area (Å²) in [6.45, 7) is 3.86. The number of benzene rings is 2. The van der Waals surface area contributed by atoms with Crippen molar-refractivity contribution in [1.82, 2.24) is 0 Å². The molecule has 2 rings (SSSR count). The van der Waals surface area contributed by atoms with Gasteiger partial charge >= 0.3 is 0 Å². The zero-order valence-corrected chi connectivity index (χ0v) is 14.0. The van der Waals surface area contributed by atoms with Gasteiger partial charge in [-0.25, -0.2) is 0 Å². The molecule has 0 fully saturated rings. The van der Waals surface area contributed by atoms with Gasteiger partial charge in [0.2, 0.25) is 11.5 Å². The van der Waals surface area contributed by atoms with E-state index in [4.69, 9.17) is 23.2 Å². The van der Waals surface area contributed by atoms with Crippen molar-refractivity contribution in [2.45, 2.75) is 13.8 Å². The SMILES string of the molecule is Cc1ccc(C(=O)/C(C#N)=N/Nc2cc(Cl)cc(Cl)c2)cc1C. The molecule has 0 saturated carbocycles. The van der Waals surface area contributed by atoms with E-state index in [1.165, 1.54) is 0 Å². The Hall–Kier alpha value is -2.35. The number of carbonyl (C=O) groups excluding carboxylic acids is 1. The molecule has 0 bridgehead atoms. The summed E-state index contributed by atoms with van der Waals surface area (Å²) in [6.07, 6.45) is 0. The molecule has 23 heavy (non-hydrogen) atoms. The van der Waals surface area contributed by atoms with Crippen LogP contribution in [0.3, 0.4) is 0 Å². The summed E-state index contributed by atoms with van der Waals surface area (Å²) in [4.78, 5) is 12.3. The molecule has 2 aromatic rings. The van der Waals surface area contributed by atoms with Gasteiger partial charge in [-0.2, -0.15) is 10.4 Å². The lowest BCUT2D eigenvalue weighted by Crippen LogP contribution is -2.14. The van der Waals surface area contributed by atoms with Gasteiger partial charge < -0.3 is 0 Å². The van der Waals surface area contributed by atoms with Gasteiger partial charge in [-0.3, -0.25) is 10.2 Å². The highest BCUT2D eigenvalue weighted by molar-refractivity contribution is 6.51. The molecule has 116 valence electrons.